The summed E-state index contributed by atoms with van der Waals surface area (Å²) in [6, 6.07) is 9.49. The van der Waals surface area contributed by atoms with Gasteiger partial charge in [-0.25, -0.2) is 4.98 Å². The molecule has 0 bridgehead atoms. The van der Waals surface area contributed by atoms with Crippen LogP contribution < -0.4 is 10.1 Å². The van der Waals surface area contributed by atoms with Crippen LogP contribution >= 0.6 is 15.9 Å². The van der Waals surface area contributed by atoms with Crippen LogP contribution in [0.4, 0.5) is 11.5 Å². The van der Waals surface area contributed by atoms with E-state index in [4.69, 9.17) is 4.74 Å². The quantitative estimate of drug-likeness (QED) is 0.489. The zero-order valence-electron chi connectivity index (χ0n) is 11.4. The van der Waals surface area contributed by atoms with Crippen molar-refractivity contribution in [2.45, 2.75) is 6.92 Å². The molecule has 0 unspecified atom stereocenters. The van der Waals surface area contributed by atoms with Crippen LogP contribution in [0.3, 0.4) is 0 Å². The van der Waals surface area contributed by atoms with Crippen molar-refractivity contribution in [3.63, 3.8) is 0 Å². The number of nitrogens with one attached hydrogen (secondary N) is 1. The zero-order valence-corrected chi connectivity index (χ0v) is 13.0. The van der Waals surface area contributed by atoms with Crippen molar-refractivity contribution >= 4 is 27.4 Å². The summed E-state index contributed by atoms with van der Waals surface area (Å²) in [5.74, 6) is 1.36. The lowest BCUT2D eigenvalue weighted by molar-refractivity contribution is -0.385. The van der Waals surface area contributed by atoms with E-state index in [0.717, 1.165) is 5.75 Å². The Morgan fingerprint density at radius 1 is 1.38 bits per heavy atom. The molecule has 0 amide bonds. The maximum Gasteiger partial charge on any atom is 0.291 e. The van der Waals surface area contributed by atoms with Gasteiger partial charge in [-0.3, -0.25) is 10.1 Å². The molecule has 7 heteroatoms. The van der Waals surface area contributed by atoms with Gasteiger partial charge in [-0.1, -0.05) is 18.2 Å². The summed E-state index contributed by atoms with van der Waals surface area (Å²) in [7, 11) is 0. The lowest BCUT2D eigenvalue weighted by Gasteiger charge is -2.10. The zero-order chi connectivity index (χ0) is 15.2. The molecule has 1 aromatic carbocycles. The molecule has 0 fully saturated rings. The van der Waals surface area contributed by atoms with Gasteiger partial charge in [0.1, 0.15) is 24.4 Å². The second kappa shape index (κ2) is 7.03. The van der Waals surface area contributed by atoms with Gasteiger partial charge in [0.15, 0.2) is 0 Å². The molecule has 0 atom stereocenters. The number of hydrogen-bond donors (Lipinski definition) is 1. The largest absolute Gasteiger partial charge is 0.492 e. The van der Waals surface area contributed by atoms with Gasteiger partial charge in [-0.15, -0.1) is 0 Å². The van der Waals surface area contributed by atoms with Crippen molar-refractivity contribution < 1.29 is 9.66 Å². The number of ether oxygens (including phenoxy) is 1. The van der Waals surface area contributed by atoms with E-state index in [9.17, 15) is 10.1 Å². The summed E-state index contributed by atoms with van der Waals surface area (Å²) in [5, 5.41) is 13.9. The average Bonchev–Trinajstić information content (AvgIpc) is 2.48. The fourth-order valence-electron chi connectivity index (χ4n) is 1.73. The van der Waals surface area contributed by atoms with Gasteiger partial charge in [0.2, 0.25) is 0 Å². The van der Waals surface area contributed by atoms with Crippen molar-refractivity contribution in [1.82, 2.24) is 4.98 Å². The van der Waals surface area contributed by atoms with E-state index in [1.807, 2.05) is 30.3 Å². The van der Waals surface area contributed by atoms with E-state index in [-0.39, 0.29) is 5.69 Å². The predicted octanol–water partition coefficient (Wildman–Crippen LogP) is 3.55. The molecule has 1 N–H and O–H groups in total. The van der Waals surface area contributed by atoms with Gasteiger partial charge in [-0.2, -0.15) is 0 Å². The summed E-state index contributed by atoms with van der Waals surface area (Å²) < 4.78 is 6.14. The number of hydrogen-bond acceptors (Lipinski definition) is 5. The predicted molar refractivity (Wildman–Crippen MR) is 83.8 cm³/mol. The Morgan fingerprint density at radius 2 is 2.10 bits per heavy atom. The van der Waals surface area contributed by atoms with E-state index >= 15 is 0 Å². The third-order valence-corrected chi connectivity index (χ3v) is 3.81. The molecular formula is C14H14BrN3O3. The minimum absolute atomic E-state index is 0.00652. The normalized spacial score (nSPS) is 10.2. The SMILES string of the molecule is Cc1c([N+](=O)[O-])cnc(NCCOc2ccccc2)c1Br. The summed E-state index contributed by atoms with van der Waals surface area (Å²) in [4.78, 5) is 14.4. The number of anilines is 1. The number of nitro groups is 1. The molecule has 110 valence electrons. The smallest absolute Gasteiger partial charge is 0.291 e. The maximum atomic E-state index is 10.8. The number of halogens is 1. The summed E-state index contributed by atoms with van der Waals surface area (Å²) in [6.07, 6.45) is 1.25. The summed E-state index contributed by atoms with van der Waals surface area (Å²) >= 11 is 3.33. The number of rotatable bonds is 6. The molecule has 1 heterocycles. The Morgan fingerprint density at radius 3 is 2.76 bits per heavy atom. The fraction of sp³-hybridized carbons (Fsp3) is 0.214. The summed E-state index contributed by atoms with van der Waals surface area (Å²) in [6.45, 7) is 2.68. The Bertz CT molecular complexity index is 635. The Labute approximate surface area is 130 Å². The van der Waals surface area contributed by atoms with Gasteiger partial charge in [0, 0.05) is 5.56 Å². The molecule has 1 aromatic heterocycles. The highest BCUT2D eigenvalue weighted by molar-refractivity contribution is 9.10. The van der Waals surface area contributed by atoms with E-state index in [0.29, 0.717) is 29.0 Å². The minimum Gasteiger partial charge on any atom is -0.492 e. The van der Waals surface area contributed by atoms with E-state index in [2.05, 4.69) is 26.2 Å². The molecule has 0 spiro atoms. The standard InChI is InChI=1S/C14H14BrN3O3/c1-10-12(18(19)20)9-17-14(13(10)15)16-7-8-21-11-5-3-2-4-6-11/h2-6,9H,7-8H2,1H3,(H,16,17). The van der Waals surface area contributed by atoms with Crippen molar-refractivity contribution in [3.05, 3.63) is 56.7 Å². The highest BCUT2D eigenvalue weighted by Crippen LogP contribution is 2.30. The lowest BCUT2D eigenvalue weighted by Crippen LogP contribution is -2.13. The van der Waals surface area contributed by atoms with E-state index < -0.39 is 4.92 Å². The Hall–Kier alpha value is -2.15. The average molecular weight is 352 g/mol. The Balaban J connectivity index is 1.92. The molecule has 0 aliphatic carbocycles. The van der Waals surface area contributed by atoms with Crippen LogP contribution in [0.15, 0.2) is 41.0 Å². The number of aromatic nitrogens is 1. The van der Waals surface area contributed by atoms with Crippen LogP contribution in [0, 0.1) is 17.0 Å². The van der Waals surface area contributed by atoms with Crippen LogP contribution in [0.25, 0.3) is 0 Å². The van der Waals surface area contributed by atoms with Crippen LogP contribution in [0.1, 0.15) is 5.56 Å². The molecular weight excluding hydrogens is 338 g/mol. The Kier molecular flexibility index (Phi) is 5.10. The third kappa shape index (κ3) is 3.91. The van der Waals surface area contributed by atoms with Crippen molar-refractivity contribution in [2.24, 2.45) is 0 Å². The molecule has 21 heavy (non-hydrogen) atoms. The number of pyridine rings is 1. The second-order valence-electron chi connectivity index (χ2n) is 4.28. The van der Waals surface area contributed by atoms with Crippen LogP contribution in [0.5, 0.6) is 5.75 Å². The molecule has 0 radical (unpaired) electrons. The van der Waals surface area contributed by atoms with E-state index in [1.54, 1.807) is 6.92 Å². The molecule has 6 nitrogen and oxygen atoms in total. The van der Waals surface area contributed by atoms with Crippen molar-refractivity contribution in [1.29, 1.82) is 0 Å². The van der Waals surface area contributed by atoms with Gasteiger partial charge in [0.05, 0.1) is 15.9 Å². The molecule has 0 aliphatic rings. The fourth-order valence-corrected chi connectivity index (χ4v) is 2.18. The van der Waals surface area contributed by atoms with Crippen LogP contribution in [-0.2, 0) is 0 Å². The highest BCUT2D eigenvalue weighted by atomic mass is 79.9. The topological polar surface area (TPSA) is 77.3 Å². The van der Waals surface area contributed by atoms with Gasteiger partial charge in [0.25, 0.3) is 5.69 Å². The number of benzene rings is 1. The molecule has 2 aromatic rings. The second-order valence-corrected chi connectivity index (χ2v) is 5.07. The maximum absolute atomic E-state index is 10.8. The minimum atomic E-state index is -0.449. The van der Waals surface area contributed by atoms with Crippen LogP contribution in [-0.4, -0.2) is 23.1 Å². The van der Waals surface area contributed by atoms with Crippen LogP contribution in [0.2, 0.25) is 0 Å². The first kappa shape index (κ1) is 15.2. The molecule has 0 aliphatic heterocycles. The molecule has 2 rings (SSSR count). The number of para-hydroxylation sites is 1. The first-order valence-electron chi connectivity index (χ1n) is 6.31. The first-order valence-corrected chi connectivity index (χ1v) is 7.10. The lowest BCUT2D eigenvalue weighted by atomic mass is 10.2. The van der Waals surface area contributed by atoms with E-state index in [1.165, 1.54) is 6.20 Å². The van der Waals surface area contributed by atoms with Crippen molar-refractivity contribution in [2.75, 3.05) is 18.5 Å². The van der Waals surface area contributed by atoms with Gasteiger partial charge < -0.3 is 10.1 Å². The third-order valence-electron chi connectivity index (χ3n) is 2.84. The summed E-state index contributed by atoms with van der Waals surface area (Å²) in [5.41, 5.74) is 0.537. The molecule has 0 saturated carbocycles. The number of nitrogens with zero attached hydrogens (tertiary/aromatic N) is 2. The first-order chi connectivity index (χ1) is 10.1. The van der Waals surface area contributed by atoms with Gasteiger partial charge in [-0.05, 0) is 35.0 Å². The van der Waals surface area contributed by atoms with Crippen molar-refractivity contribution in [3.8, 4) is 5.75 Å². The monoisotopic (exact) mass is 351 g/mol. The molecule has 0 saturated heterocycles. The highest BCUT2D eigenvalue weighted by Gasteiger charge is 2.16. The van der Waals surface area contributed by atoms with Gasteiger partial charge >= 0.3 is 0 Å².